The van der Waals surface area contributed by atoms with Gasteiger partial charge in [0.05, 0.1) is 5.69 Å². The summed E-state index contributed by atoms with van der Waals surface area (Å²) >= 11 is 1.24. The zero-order valence-electron chi connectivity index (χ0n) is 12.4. The molecule has 0 amide bonds. The molecule has 0 radical (unpaired) electrons. The Kier molecular flexibility index (Phi) is 5.15. The fourth-order valence-electron chi connectivity index (χ4n) is 1.92. The van der Waals surface area contributed by atoms with Gasteiger partial charge in [-0.05, 0) is 30.5 Å². The summed E-state index contributed by atoms with van der Waals surface area (Å²) in [5.41, 5.74) is 2.70. The molecule has 0 saturated heterocycles. The number of aromatic nitrogens is 2. The molecule has 8 heteroatoms. The van der Waals surface area contributed by atoms with Gasteiger partial charge in [-0.15, -0.1) is 11.3 Å². The highest BCUT2D eigenvalue weighted by Gasteiger charge is 2.17. The second-order valence-corrected chi connectivity index (χ2v) is 7.70. The van der Waals surface area contributed by atoms with Crippen LogP contribution in [0.1, 0.15) is 23.7 Å². The molecule has 2 heterocycles. The standard InChI is InChI=1S/C13H20N4O2S2/c1-4-14-6-11-5-13(20-9-11)21(18,19)15-7-12-8-17(3)16-10(12)2/h5,8-9,14-15H,4,6-7H2,1-3H3. The van der Waals surface area contributed by atoms with Crippen molar-refractivity contribution in [3.05, 3.63) is 34.5 Å². The predicted octanol–water partition coefficient (Wildman–Crippen LogP) is 1.38. The van der Waals surface area contributed by atoms with Gasteiger partial charge < -0.3 is 5.32 Å². The Labute approximate surface area is 129 Å². The molecule has 2 rings (SSSR count). The second-order valence-electron chi connectivity index (χ2n) is 4.79. The van der Waals surface area contributed by atoms with Crippen molar-refractivity contribution in [3.8, 4) is 0 Å². The number of hydrogen-bond acceptors (Lipinski definition) is 5. The van der Waals surface area contributed by atoms with Crippen LogP contribution in [-0.4, -0.2) is 24.7 Å². The van der Waals surface area contributed by atoms with E-state index < -0.39 is 10.0 Å². The van der Waals surface area contributed by atoms with Crippen molar-refractivity contribution in [2.45, 2.75) is 31.1 Å². The number of hydrogen-bond donors (Lipinski definition) is 2. The molecule has 0 fully saturated rings. The fourth-order valence-corrected chi connectivity index (χ4v) is 4.18. The van der Waals surface area contributed by atoms with Crippen LogP contribution in [0.3, 0.4) is 0 Å². The monoisotopic (exact) mass is 328 g/mol. The van der Waals surface area contributed by atoms with Crippen LogP contribution in [0.15, 0.2) is 21.9 Å². The molecular formula is C13H20N4O2S2. The van der Waals surface area contributed by atoms with Gasteiger partial charge in [0.2, 0.25) is 10.0 Å². The lowest BCUT2D eigenvalue weighted by atomic mass is 10.3. The van der Waals surface area contributed by atoms with E-state index in [1.165, 1.54) is 11.3 Å². The lowest BCUT2D eigenvalue weighted by molar-refractivity contribution is 0.583. The van der Waals surface area contributed by atoms with Gasteiger partial charge >= 0.3 is 0 Å². The first-order valence-corrected chi connectivity index (χ1v) is 9.05. The summed E-state index contributed by atoms with van der Waals surface area (Å²) in [6, 6.07) is 1.71. The Bertz CT molecular complexity index is 704. The summed E-state index contributed by atoms with van der Waals surface area (Å²) in [5.74, 6) is 0. The summed E-state index contributed by atoms with van der Waals surface area (Å²) < 4.78 is 29.2. The van der Waals surface area contributed by atoms with E-state index in [4.69, 9.17) is 0 Å². The number of nitrogens with one attached hydrogen (secondary N) is 2. The van der Waals surface area contributed by atoms with Crippen molar-refractivity contribution >= 4 is 21.4 Å². The zero-order valence-corrected chi connectivity index (χ0v) is 14.0. The van der Waals surface area contributed by atoms with Crippen LogP contribution in [0, 0.1) is 6.92 Å². The van der Waals surface area contributed by atoms with Crippen molar-refractivity contribution in [2.75, 3.05) is 6.54 Å². The molecule has 2 aromatic heterocycles. The Morgan fingerprint density at radius 2 is 2.14 bits per heavy atom. The molecule has 0 bridgehead atoms. The summed E-state index contributed by atoms with van der Waals surface area (Å²) in [7, 11) is -1.65. The van der Waals surface area contributed by atoms with Crippen LogP contribution in [0.5, 0.6) is 0 Å². The Morgan fingerprint density at radius 3 is 2.76 bits per heavy atom. The molecule has 2 N–H and O–H groups in total. The maximum absolute atomic E-state index is 12.3. The molecule has 116 valence electrons. The van der Waals surface area contributed by atoms with E-state index >= 15 is 0 Å². The van der Waals surface area contributed by atoms with Crippen LogP contribution in [-0.2, 0) is 30.2 Å². The van der Waals surface area contributed by atoms with Gasteiger partial charge in [0.15, 0.2) is 0 Å². The molecule has 0 aliphatic heterocycles. The van der Waals surface area contributed by atoms with Crippen molar-refractivity contribution in [1.82, 2.24) is 19.8 Å². The topological polar surface area (TPSA) is 76.0 Å². The number of thiophene rings is 1. The molecule has 0 aromatic carbocycles. The highest BCUT2D eigenvalue weighted by molar-refractivity contribution is 7.91. The Hall–Kier alpha value is -1.22. The van der Waals surface area contributed by atoms with Crippen LogP contribution < -0.4 is 10.0 Å². The lowest BCUT2D eigenvalue weighted by Crippen LogP contribution is -2.22. The summed E-state index contributed by atoms with van der Waals surface area (Å²) in [5, 5.41) is 9.24. The Morgan fingerprint density at radius 1 is 1.38 bits per heavy atom. The highest BCUT2D eigenvalue weighted by Crippen LogP contribution is 2.20. The van der Waals surface area contributed by atoms with Crippen LogP contribution in [0.25, 0.3) is 0 Å². The largest absolute Gasteiger partial charge is 0.313 e. The van der Waals surface area contributed by atoms with Gasteiger partial charge in [-0.1, -0.05) is 6.92 Å². The molecule has 6 nitrogen and oxygen atoms in total. The Balaban J connectivity index is 2.04. The van der Waals surface area contributed by atoms with E-state index in [-0.39, 0.29) is 6.54 Å². The normalized spacial score (nSPS) is 12.0. The molecule has 0 spiro atoms. The van der Waals surface area contributed by atoms with E-state index in [1.807, 2.05) is 32.5 Å². The predicted molar refractivity (Wildman–Crippen MR) is 83.7 cm³/mol. The summed E-state index contributed by atoms with van der Waals surface area (Å²) in [6.07, 6.45) is 1.82. The average molecular weight is 328 g/mol. The van der Waals surface area contributed by atoms with Crippen molar-refractivity contribution < 1.29 is 8.42 Å². The second kappa shape index (κ2) is 6.69. The van der Waals surface area contributed by atoms with E-state index in [9.17, 15) is 8.42 Å². The number of sulfonamides is 1. The van der Waals surface area contributed by atoms with Gasteiger partial charge in [-0.25, -0.2) is 13.1 Å². The lowest BCUT2D eigenvalue weighted by Gasteiger charge is -2.03. The highest BCUT2D eigenvalue weighted by atomic mass is 32.2. The molecule has 0 atom stereocenters. The third-order valence-corrected chi connectivity index (χ3v) is 5.93. The third-order valence-electron chi connectivity index (χ3n) is 3.04. The first-order valence-electron chi connectivity index (χ1n) is 6.69. The third kappa shape index (κ3) is 4.13. The van der Waals surface area contributed by atoms with Crippen LogP contribution >= 0.6 is 11.3 Å². The maximum atomic E-state index is 12.3. The molecular weight excluding hydrogens is 308 g/mol. The average Bonchev–Trinajstić information content (AvgIpc) is 3.01. The summed E-state index contributed by atoms with van der Waals surface area (Å²) in [4.78, 5) is 0. The first-order chi connectivity index (χ1) is 9.92. The van der Waals surface area contributed by atoms with Gasteiger partial charge in [0, 0.05) is 31.9 Å². The quantitative estimate of drug-likeness (QED) is 0.805. The summed E-state index contributed by atoms with van der Waals surface area (Å²) in [6.45, 7) is 5.67. The molecule has 0 aliphatic carbocycles. The van der Waals surface area contributed by atoms with Crippen molar-refractivity contribution in [2.24, 2.45) is 7.05 Å². The molecule has 0 aliphatic rings. The van der Waals surface area contributed by atoms with E-state index in [2.05, 4.69) is 15.1 Å². The van der Waals surface area contributed by atoms with E-state index in [0.717, 1.165) is 23.4 Å². The first kappa shape index (κ1) is 16.2. The van der Waals surface area contributed by atoms with Crippen LogP contribution in [0.2, 0.25) is 0 Å². The molecule has 0 saturated carbocycles. The molecule has 2 aromatic rings. The van der Waals surface area contributed by atoms with E-state index in [0.29, 0.717) is 10.8 Å². The number of aryl methyl sites for hydroxylation is 2. The number of rotatable bonds is 7. The van der Waals surface area contributed by atoms with Gasteiger partial charge in [-0.3, -0.25) is 4.68 Å². The minimum absolute atomic E-state index is 0.252. The number of nitrogens with zero attached hydrogens (tertiary/aromatic N) is 2. The minimum Gasteiger partial charge on any atom is -0.313 e. The van der Waals surface area contributed by atoms with E-state index in [1.54, 1.807) is 10.7 Å². The zero-order chi connectivity index (χ0) is 15.5. The van der Waals surface area contributed by atoms with Crippen molar-refractivity contribution in [3.63, 3.8) is 0 Å². The SMILES string of the molecule is CCNCc1csc(S(=O)(=O)NCc2cn(C)nc2C)c1. The minimum atomic E-state index is -3.47. The van der Waals surface area contributed by atoms with Gasteiger partial charge in [-0.2, -0.15) is 5.10 Å². The molecule has 21 heavy (non-hydrogen) atoms. The molecule has 0 unspecified atom stereocenters. The smallest absolute Gasteiger partial charge is 0.250 e. The maximum Gasteiger partial charge on any atom is 0.250 e. The fraction of sp³-hybridized carbons (Fsp3) is 0.462. The van der Waals surface area contributed by atoms with Gasteiger partial charge in [0.25, 0.3) is 0 Å². The van der Waals surface area contributed by atoms with Crippen molar-refractivity contribution in [1.29, 1.82) is 0 Å². The van der Waals surface area contributed by atoms with Crippen LogP contribution in [0.4, 0.5) is 0 Å². The van der Waals surface area contributed by atoms with Gasteiger partial charge in [0.1, 0.15) is 4.21 Å².